The first kappa shape index (κ1) is 75.3. The zero-order chi connectivity index (χ0) is 54.6. The summed E-state index contributed by atoms with van der Waals surface area (Å²) in [6.45, 7) is 16.5. The van der Waals surface area contributed by atoms with Crippen molar-refractivity contribution in [2.45, 2.75) is 161 Å². The Morgan fingerprint density at radius 3 is 1.24 bits per heavy atom. The first-order valence-electron chi connectivity index (χ1n) is 23.9. The van der Waals surface area contributed by atoms with Crippen molar-refractivity contribution >= 4 is 45.1 Å². The van der Waals surface area contributed by atoms with Gasteiger partial charge in [0.1, 0.15) is 0 Å². The predicted molar refractivity (Wildman–Crippen MR) is 243 cm³/mol. The number of ether oxygens (including phenoxy) is 6. The first-order valence-corrected chi connectivity index (χ1v) is 26.3. The molecule has 27 heteroatoms. The molecule has 0 aromatic carbocycles. The Morgan fingerprint density at radius 2 is 0.933 bits per heavy atom. The second kappa shape index (κ2) is 35.0. The van der Waals surface area contributed by atoms with E-state index in [4.69, 9.17) is 60.2 Å². The van der Waals surface area contributed by atoms with Gasteiger partial charge in [-0.1, -0.05) is 22.5 Å². The minimum atomic E-state index is -5.93. The van der Waals surface area contributed by atoms with E-state index in [1.807, 2.05) is 6.92 Å². The molecule has 8 aliphatic carbocycles. The van der Waals surface area contributed by atoms with Crippen molar-refractivity contribution in [1.82, 2.24) is 0 Å². The first-order chi connectivity index (χ1) is 33.5. The van der Waals surface area contributed by atoms with Crippen LogP contribution in [0.3, 0.4) is 0 Å². The summed E-state index contributed by atoms with van der Waals surface area (Å²) in [6, 6.07) is 0. The van der Waals surface area contributed by atoms with Crippen molar-refractivity contribution in [2.24, 2.45) is 45.3 Å². The van der Waals surface area contributed by atoms with E-state index in [1.54, 1.807) is 20.8 Å². The van der Waals surface area contributed by atoms with Gasteiger partial charge in [-0.05, 0) is 170 Å². The molecule has 8 bridgehead atoms. The fourth-order valence-corrected chi connectivity index (χ4v) is 13.5. The Labute approximate surface area is 482 Å². The number of hydrogen-bond donors (Lipinski definition) is 0. The summed E-state index contributed by atoms with van der Waals surface area (Å²) < 4.78 is 149. The van der Waals surface area contributed by atoms with Crippen LogP contribution in [0.5, 0.6) is 0 Å². The normalized spacial score (nSPS) is 27.7. The third-order valence-electron chi connectivity index (χ3n) is 14.2. The minimum absolute atomic E-state index is 0. The molecule has 8 fully saturated rings. The van der Waals surface area contributed by atoms with Gasteiger partial charge in [0.05, 0.1) is 26.4 Å². The number of esters is 2. The molecule has 0 saturated heterocycles. The van der Waals surface area contributed by atoms with E-state index in [1.165, 1.54) is 6.42 Å². The Bertz CT molecular complexity index is 2060. The number of halogens is 5. The number of alkyl halides is 2. The molecule has 1 N–H and O–H groups in total. The van der Waals surface area contributed by atoms with Gasteiger partial charge in [0, 0.05) is 37.2 Å². The maximum absolute atomic E-state index is 14.1. The molecule has 0 spiro atoms. The van der Waals surface area contributed by atoms with Crippen LogP contribution in [0.4, 0.5) is 21.4 Å². The third kappa shape index (κ3) is 26.4. The van der Waals surface area contributed by atoms with Crippen molar-refractivity contribution in [3.8, 4) is 0 Å². The van der Waals surface area contributed by atoms with Gasteiger partial charge in [0.2, 0.25) is 0 Å². The van der Waals surface area contributed by atoms with Crippen molar-refractivity contribution in [2.75, 3.05) is 39.6 Å². The molecular formula is C48H71F5Na2O18S2. The van der Waals surface area contributed by atoms with E-state index in [9.17, 15) is 39.5 Å². The topological polar surface area (TPSA) is 273 Å². The molecule has 8 aliphatic rings. The van der Waals surface area contributed by atoms with Gasteiger partial charge < -0.3 is 42.7 Å². The second-order valence-corrected chi connectivity index (χ2v) is 22.7. The number of carbonyl (C=O) groups excluding carboxylic acids is 6. The van der Waals surface area contributed by atoms with E-state index in [-0.39, 0.29) is 130 Å². The zero-order valence-corrected chi connectivity index (χ0v) is 49.6. The molecule has 75 heavy (non-hydrogen) atoms. The molecule has 420 valence electrons. The number of hydrogen-bond acceptors (Lipinski definition) is 18. The van der Waals surface area contributed by atoms with Crippen molar-refractivity contribution in [1.29, 1.82) is 0 Å². The summed E-state index contributed by atoms with van der Waals surface area (Å²) >= 11 is 0. The van der Waals surface area contributed by atoms with Gasteiger partial charge in [-0.25, -0.2) is 9.59 Å². The van der Waals surface area contributed by atoms with Crippen LogP contribution in [-0.2, 0) is 78.0 Å². The quantitative estimate of drug-likeness (QED) is 0.0186. The van der Waals surface area contributed by atoms with Gasteiger partial charge in [-0.3, -0.25) is 0 Å². The molecule has 0 aromatic heterocycles. The van der Waals surface area contributed by atoms with Crippen LogP contribution in [-0.4, -0.2) is 108 Å². The Kier molecular flexibility index (Phi) is 35.2. The molecule has 0 radical (unpaired) electrons. The molecule has 0 aliphatic heterocycles. The van der Waals surface area contributed by atoms with E-state index in [0.29, 0.717) is 88.1 Å². The maximum Gasteiger partial charge on any atom is 1.00 e. The van der Waals surface area contributed by atoms with Crippen LogP contribution in [0.15, 0.2) is 24.3 Å². The van der Waals surface area contributed by atoms with Gasteiger partial charge in [0.25, 0.3) is 0 Å². The molecule has 8 rings (SSSR count). The molecular weight excluding hydrogens is 1070 g/mol. The Hall–Kier alpha value is -1.80. The molecule has 6 atom stereocenters. The minimum Gasteiger partial charge on any atom is -0.870 e. The zero-order valence-electron chi connectivity index (χ0n) is 43.9. The van der Waals surface area contributed by atoms with Gasteiger partial charge in [-0.15, -0.1) is 19.0 Å². The second-order valence-electron chi connectivity index (χ2n) is 20.8. The summed E-state index contributed by atoms with van der Waals surface area (Å²) in [4.78, 5) is 55.1. The SMILES string of the molecule is C=C(C)C(=O)OCCCCOC(C)OCC12CC3CC(C1)CC(CC(F)(F)S(=O)(=O)F)(C3)C2.C=C(C)C(=O)OCCCCOC(C)OCC12CC3CC(C1)CC(C[C-](F)F)(C3)C2.O=C=O.O=C=O.O=S(=O)=O.[Na+].[Na+].[OH-]. The van der Waals surface area contributed by atoms with Crippen molar-refractivity contribution < 1.29 is 164 Å². The van der Waals surface area contributed by atoms with Crippen molar-refractivity contribution in [3.63, 3.8) is 0 Å². The van der Waals surface area contributed by atoms with Crippen molar-refractivity contribution in [3.05, 3.63) is 30.7 Å². The van der Waals surface area contributed by atoms with Crippen LogP contribution in [0.2, 0.25) is 0 Å². The number of rotatable bonds is 25. The van der Waals surface area contributed by atoms with Crippen LogP contribution in [0.25, 0.3) is 0 Å². The Balaban J connectivity index is 0. The van der Waals surface area contributed by atoms with Crippen LogP contribution >= 0.6 is 0 Å². The average Bonchev–Trinajstić information content (AvgIpc) is 3.23. The molecule has 18 nitrogen and oxygen atoms in total. The molecule has 6 unspecified atom stereocenters. The smallest absolute Gasteiger partial charge is 0.870 e. The van der Waals surface area contributed by atoms with E-state index in [0.717, 1.165) is 64.2 Å². The summed E-state index contributed by atoms with van der Waals surface area (Å²) in [5.74, 6) is 0.871. The van der Waals surface area contributed by atoms with E-state index >= 15 is 0 Å². The fourth-order valence-electron chi connectivity index (χ4n) is 13.0. The summed E-state index contributed by atoms with van der Waals surface area (Å²) in [7, 11) is -9.05. The predicted octanol–water partition coefficient (Wildman–Crippen LogP) is 2.46. The summed E-state index contributed by atoms with van der Waals surface area (Å²) in [5, 5.41) is -4.35. The summed E-state index contributed by atoms with van der Waals surface area (Å²) in [6.07, 6.45) is 10.5. The molecule has 0 amide bonds. The molecule has 0 heterocycles. The maximum atomic E-state index is 14.1. The van der Waals surface area contributed by atoms with Gasteiger partial charge in [-0.2, -0.15) is 36.4 Å². The van der Waals surface area contributed by atoms with Crippen LogP contribution in [0, 0.1) is 51.8 Å². The fraction of sp³-hybridized carbons (Fsp3) is 0.812. The number of unbranched alkanes of at least 4 members (excludes halogenated alkanes) is 2. The largest absolute Gasteiger partial charge is 1.00 e. The number of carbonyl (C=O) groups is 2. The van der Waals surface area contributed by atoms with Crippen LogP contribution in [0.1, 0.15) is 143 Å². The average molecular weight is 1140 g/mol. The van der Waals surface area contributed by atoms with E-state index < -0.39 is 56.6 Å². The standard InChI is InChI=1S/C23H35F3O6S.C23H35F2O4.2CO2.2Na.O3S.H2O/c1-16(2)20(27)31-7-5-4-6-30-17(3)32-15-22-11-18-8-19(12-22)10-21(9-18,13-22)14-23(24,25)33(26,28)29;1-16(2)21(26)28-7-5-4-6-27-17(3)29-15-23-11-18-8-19(12-23)10-22(9-18,14-23)13-20(24)25;2*2-1-3;;;1-4(2)3;/h17-19H,1,4-15H2,2-3H3;17-19H,1,4-15H2,2-3H3;;;;;;1H2/q;-1;;;2*+1;;/p-1. The molecule has 0 aromatic rings. The van der Waals surface area contributed by atoms with Gasteiger partial charge in [0.15, 0.2) is 12.6 Å². The Morgan fingerprint density at radius 1 is 0.640 bits per heavy atom. The van der Waals surface area contributed by atoms with Gasteiger partial charge >= 0.3 is 109 Å². The molecule has 8 saturated carbocycles. The monoisotopic (exact) mass is 1140 g/mol. The third-order valence-corrected chi connectivity index (χ3v) is 15.1. The van der Waals surface area contributed by atoms with E-state index in [2.05, 4.69) is 13.2 Å². The summed E-state index contributed by atoms with van der Waals surface area (Å²) in [5.41, 5.74) is -0.543. The van der Waals surface area contributed by atoms with Crippen LogP contribution < -0.4 is 59.1 Å².